The molecule has 0 radical (unpaired) electrons. The number of hydrogen-bond donors (Lipinski definition) is 0. The van der Waals surface area contributed by atoms with Crippen molar-refractivity contribution in [3.8, 4) is 0 Å². The van der Waals surface area contributed by atoms with Gasteiger partial charge in [-0.25, -0.2) is 8.42 Å². The van der Waals surface area contributed by atoms with Crippen LogP contribution < -0.4 is 4.80 Å². The van der Waals surface area contributed by atoms with Crippen LogP contribution in [0.5, 0.6) is 0 Å². The van der Waals surface area contributed by atoms with Gasteiger partial charge in [-0.1, -0.05) is 66.3 Å². The molecule has 4 aromatic rings. The summed E-state index contributed by atoms with van der Waals surface area (Å²) < 4.78 is 30.6. The first-order valence-corrected chi connectivity index (χ1v) is 13.6. The van der Waals surface area contributed by atoms with Crippen LogP contribution in [0.2, 0.25) is 5.02 Å². The number of sulfonamides is 1. The molecule has 9 heteroatoms. The molecule has 0 saturated heterocycles. The molecule has 0 N–H and O–H groups in total. The van der Waals surface area contributed by atoms with Crippen LogP contribution in [-0.2, 0) is 23.1 Å². The van der Waals surface area contributed by atoms with E-state index in [2.05, 4.69) is 11.6 Å². The van der Waals surface area contributed by atoms with E-state index in [1.807, 2.05) is 47.0 Å². The van der Waals surface area contributed by atoms with Gasteiger partial charge in [0, 0.05) is 30.2 Å². The second-order valence-corrected chi connectivity index (χ2v) is 11.1. The summed E-state index contributed by atoms with van der Waals surface area (Å²) in [6.45, 7) is 6.67. The van der Waals surface area contributed by atoms with E-state index >= 15 is 0 Å². The van der Waals surface area contributed by atoms with E-state index in [-0.39, 0.29) is 11.4 Å². The Bertz CT molecular complexity index is 1540. The van der Waals surface area contributed by atoms with Gasteiger partial charge in [-0.15, -0.1) is 6.58 Å². The summed E-state index contributed by atoms with van der Waals surface area (Å²) in [7, 11) is -3.72. The lowest BCUT2D eigenvalue weighted by atomic mass is 10.2. The molecule has 6 nitrogen and oxygen atoms in total. The normalized spacial score (nSPS) is 12.4. The van der Waals surface area contributed by atoms with Gasteiger partial charge >= 0.3 is 0 Å². The van der Waals surface area contributed by atoms with Crippen molar-refractivity contribution in [2.45, 2.75) is 24.9 Å². The fourth-order valence-electron chi connectivity index (χ4n) is 3.66. The van der Waals surface area contributed by atoms with E-state index in [1.54, 1.807) is 19.1 Å². The molecule has 0 aliphatic heterocycles. The standard InChI is InChI=1S/C26H24ClN3O3S2/c1-3-16-30-23-15-12-21(27)17-24(23)34-26(30)28-25(31)20-10-13-22(14-11-20)35(32,33)29(4-2)18-19-8-6-5-7-9-19/h3,5-15,17H,1,4,16,18H2,2H3. The van der Waals surface area contributed by atoms with Crippen LogP contribution in [0.4, 0.5) is 0 Å². The fourth-order valence-corrected chi connectivity index (χ4v) is 6.41. The van der Waals surface area contributed by atoms with Gasteiger partial charge < -0.3 is 4.57 Å². The summed E-state index contributed by atoms with van der Waals surface area (Å²) in [6.07, 6.45) is 1.73. The van der Waals surface area contributed by atoms with Crippen LogP contribution in [0.15, 0.2) is 95.3 Å². The molecule has 0 spiro atoms. The molecule has 0 aliphatic rings. The number of hydrogen-bond acceptors (Lipinski definition) is 4. The SMILES string of the molecule is C=CCn1c(=NC(=O)c2ccc(S(=O)(=O)N(CC)Cc3ccccc3)cc2)sc2cc(Cl)ccc21. The Labute approximate surface area is 213 Å². The maximum absolute atomic E-state index is 13.2. The van der Waals surface area contributed by atoms with Crippen LogP contribution in [-0.4, -0.2) is 29.7 Å². The van der Waals surface area contributed by atoms with Gasteiger partial charge in [0.2, 0.25) is 10.0 Å². The van der Waals surface area contributed by atoms with Gasteiger partial charge in [0.05, 0.1) is 15.1 Å². The second-order valence-electron chi connectivity index (χ2n) is 7.75. The molecular weight excluding hydrogens is 502 g/mol. The minimum atomic E-state index is -3.72. The Morgan fingerprint density at radius 2 is 1.83 bits per heavy atom. The van der Waals surface area contributed by atoms with Crippen molar-refractivity contribution in [1.82, 2.24) is 8.87 Å². The molecule has 1 heterocycles. The smallest absolute Gasteiger partial charge is 0.279 e. The number of fused-ring (bicyclic) bond motifs is 1. The Hall–Kier alpha value is -3.04. The molecule has 4 rings (SSSR count). The predicted molar refractivity (Wildman–Crippen MR) is 141 cm³/mol. The van der Waals surface area contributed by atoms with Crippen molar-refractivity contribution >= 4 is 49.1 Å². The first-order chi connectivity index (χ1) is 16.8. The van der Waals surface area contributed by atoms with Gasteiger partial charge in [0.1, 0.15) is 0 Å². The average Bonchev–Trinajstić information content (AvgIpc) is 3.19. The highest BCUT2D eigenvalue weighted by atomic mass is 35.5. The molecule has 0 fully saturated rings. The zero-order chi connectivity index (χ0) is 25.0. The summed E-state index contributed by atoms with van der Waals surface area (Å²) in [6, 6.07) is 20.8. The topological polar surface area (TPSA) is 71.7 Å². The number of amides is 1. The Balaban J connectivity index is 1.62. The third-order valence-corrected chi connectivity index (χ3v) is 8.66. The quantitative estimate of drug-likeness (QED) is 0.285. The Kier molecular flexibility index (Phi) is 7.66. The average molecular weight is 526 g/mol. The van der Waals surface area contributed by atoms with Crippen molar-refractivity contribution in [2.24, 2.45) is 4.99 Å². The molecule has 3 aromatic carbocycles. The van der Waals surface area contributed by atoms with Crippen LogP contribution >= 0.6 is 22.9 Å². The number of allylic oxidation sites excluding steroid dienone is 1. The highest BCUT2D eigenvalue weighted by Gasteiger charge is 2.23. The van der Waals surface area contributed by atoms with Crippen LogP contribution in [0.3, 0.4) is 0 Å². The van der Waals surface area contributed by atoms with Gasteiger partial charge in [0.25, 0.3) is 5.91 Å². The van der Waals surface area contributed by atoms with Crippen LogP contribution in [0, 0.1) is 0 Å². The Morgan fingerprint density at radius 1 is 1.11 bits per heavy atom. The second kappa shape index (κ2) is 10.7. The summed E-state index contributed by atoms with van der Waals surface area (Å²) in [5.74, 6) is -0.457. The number of halogens is 1. The zero-order valence-electron chi connectivity index (χ0n) is 19.1. The third kappa shape index (κ3) is 5.46. The maximum atomic E-state index is 13.2. The highest BCUT2D eigenvalue weighted by molar-refractivity contribution is 7.89. The van der Waals surface area contributed by atoms with E-state index < -0.39 is 15.9 Å². The number of nitrogens with zero attached hydrogens (tertiary/aromatic N) is 3. The van der Waals surface area contributed by atoms with E-state index in [0.29, 0.717) is 28.5 Å². The number of aromatic nitrogens is 1. The van der Waals surface area contributed by atoms with Gasteiger partial charge in [-0.05, 0) is 48.0 Å². The van der Waals surface area contributed by atoms with E-state index in [9.17, 15) is 13.2 Å². The highest BCUT2D eigenvalue weighted by Crippen LogP contribution is 2.23. The Morgan fingerprint density at radius 3 is 2.49 bits per heavy atom. The lowest BCUT2D eigenvalue weighted by Gasteiger charge is -2.20. The molecular formula is C26H24ClN3O3S2. The molecule has 0 bridgehead atoms. The van der Waals surface area contributed by atoms with Gasteiger partial charge in [-0.3, -0.25) is 4.79 Å². The molecule has 1 amide bonds. The van der Waals surface area contributed by atoms with Crippen molar-refractivity contribution in [3.05, 3.63) is 106 Å². The largest absolute Gasteiger partial charge is 0.312 e. The lowest BCUT2D eigenvalue weighted by molar-refractivity contribution is 0.0997. The minimum absolute atomic E-state index is 0.130. The number of rotatable bonds is 8. The molecule has 0 atom stereocenters. The fraction of sp³-hybridized carbons (Fsp3) is 0.154. The van der Waals surface area contributed by atoms with E-state index in [0.717, 1.165) is 15.8 Å². The lowest BCUT2D eigenvalue weighted by Crippen LogP contribution is -2.30. The first kappa shape index (κ1) is 25.1. The van der Waals surface area contributed by atoms with Crippen molar-refractivity contribution < 1.29 is 13.2 Å². The zero-order valence-corrected chi connectivity index (χ0v) is 21.5. The number of benzene rings is 3. The summed E-state index contributed by atoms with van der Waals surface area (Å²) >= 11 is 7.47. The van der Waals surface area contributed by atoms with Crippen LogP contribution in [0.25, 0.3) is 10.2 Å². The summed E-state index contributed by atoms with van der Waals surface area (Å²) in [5, 5.41) is 0.604. The number of thiazole rings is 1. The van der Waals surface area contributed by atoms with Crippen molar-refractivity contribution in [1.29, 1.82) is 0 Å². The van der Waals surface area contributed by atoms with Crippen LogP contribution in [0.1, 0.15) is 22.8 Å². The summed E-state index contributed by atoms with van der Waals surface area (Å²) in [5.41, 5.74) is 2.11. The number of carbonyl (C=O) groups excluding carboxylic acids is 1. The monoisotopic (exact) mass is 525 g/mol. The molecule has 0 unspecified atom stereocenters. The van der Waals surface area contributed by atoms with Gasteiger partial charge in [0.15, 0.2) is 4.80 Å². The molecule has 0 saturated carbocycles. The molecule has 1 aromatic heterocycles. The van der Waals surface area contributed by atoms with E-state index in [1.165, 1.54) is 39.9 Å². The van der Waals surface area contributed by atoms with Gasteiger partial charge in [-0.2, -0.15) is 9.30 Å². The minimum Gasteiger partial charge on any atom is -0.312 e. The molecule has 0 aliphatic carbocycles. The van der Waals surface area contributed by atoms with Crippen molar-refractivity contribution in [2.75, 3.05) is 6.54 Å². The molecule has 180 valence electrons. The third-order valence-electron chi connectivity index (χ3n) is 5.45. The van der Waals surface area contributed by atoms with E-state index in [4.69, 9.17) is 11.6 Å². The maximum Gasteiger partial charge on any atom is 0.279 e. The van der Waals surface area contributed by atoms with Crippen molar-refractivity contribution in [3.63, 3.8) is 0 Å². The summed E-state index contributed by atoms with van der Waals surface area (Å²) in [4.78, 5) is 17.9. The predicted octanol–water partition coefficient (Wildman–Crippen LogP) is 5.49. The molecule has 35 heavy (non-hydrogen) atoms. The first-order valence-electron chi connectivity index (χ1n) is 11.0. The number of carbonyl (C=O) groups is 1.